The summed E-state index contributed by atoms with van der Waals surface area (Å²) < 4.78 is 0. The molecule has 3 nitrogen and oxygen atoms in total. The molecule has 0 rings (SSSR count). The lowest BCUT2D eigenvalue weighted by Crippen LogP contribution is -2.36. The summed E-state index contributed by atoms with van der Waals surface area (Å²) in [6.07, 6.45) is 9.76. The molecule has 0 spiro atoms. The molecule has 0 saturated carbocycles. The Bertz CT molecular complexity index is 251. The molecule has 0 aliphatic rings. The van der Waals surface area contributed by atoms with Gasteiger partial charge in [-0.25, -0.2) is 0 Å². The smallest absolute Gasteiger partial charge is 0.229 e. The summed E-state index contributed by atoms with van der Waals surface area (Å²) in [4.78, 5) is 25.4. The van der Waals surface area contributed by atoms with Crippen molar-refractivity contribution in [2.75, 3.05) is 6.54 Å². The average molecular weight is 269 g/mol. The van der Waals surface area contributed by atoms with Gasteiger partial charge in [-0.3, -0.25) is 14.5 Å². The largest absolute Gasteiger partial charge is 0.283 e. The Morgan fingerprint density at radius 3 is 1.58 bits per heavy atom. The van der Waals surface area contributed by atoms with Crippen molar-refractivity contribution in [3.63, 3.8) is 0 Å². The third kappa shape index (κ3) is 8.79. The Morgan fingerprint density at radius 1 is 0.684 bits per heavy atom. The highest BCUT2D eigenvalue weighted by atomic mass is 16.2. The zero-order valence-electron chi connectivity index (χ0n) is 13.0. The van der Waals surface area contributed by atoms with Gasteiger partial charge < -0.3 is 0 Å². The van der Waals surface area contributed by atoms with E-state index in [1.165, 1.54) is 24.2 Å². The molecule has 112 valence electrons. The van der Waals surface area contributed by atoms with Crippen LogP contribution in [0.2, 0.25) is 0 Å². The molecule has 0 aromatic rings. The number of rotatable bonds is 11. The van der Waals surface area contributed by atoms with Gasteiger partial charge in [0.1, 0.15) is 0 Å². The van der Waals surface area contributed by atoms with Crippen LogP contribution in [0.3, 0.4) is 0 Å². The van der Waals surface area contributed by atoms with Gasteiger partial charge in [0.2, 0.25) is 11.8 Å². The van der Waals surface area contributed by atoms with E-state index in [-0.39, 0.29) is 11.8 Å². The lowest BCUT2D eigenvalue weighted by atomic mass is 10.1. The van der Waals surface area contributed by atoms with Crippen molar-refractivity contribution in [1.29, 1.82) is 0 Å². The minimum atomic E-state index is 0.00880. The van der Waals surface area contributed by atoms with E-state index >= 15 is 0 Å². The summed E-state index contributed by atoms with van der Waals surface area (Å²) in [7, 11) is 0. The Labute approximate surface area is 118 Å². The van der Waals surface area contributed by atoms with Crippen LogP contribution < -0.4 is 0 Å². The summed E-state index contributed by atoms with van der Waals surface area (Å²) in [6.45, 7) is 6.69. The van der Waals surface area contributed by atoms with Crippen LogP contribution in [-0.4, -0.2) is 23.3 Å². The maximum Gasteiger partial charge on any atom is 0.229 e. The minimum Gasteiger partial charge on any atom is -0.283 e. The van der Waals surface area contributed by atoms with Crippen molar-refractivity contribution in [3.8, 4) is 0 Å². The van der Waals surface area contributed by atoms with Crippen LogP contribution in [0.25, 0.3) is 0 Å². The SMILES string of the molecule is CCCCCCCC(=O)N(CC)C(=O)CCCCC. The molecular formula is C16H31NO2. The van der Waals surface area contributed by atoms with Gasteiger partial charge >= 0.3 is 0 Å². The zero-order valence-corrected chi connectivity index (χ0v) is 13.0. The minimum absolute atomic E-state index is 0.00880. The quantitative estimate of drug-likeness (QED) is 0.524. The van der Waals surface area contributed by atoms with E-state index in [1.807, 2.05) is 6.92 Å². The number of nitrogens with zero attached hydrogens (tertiary/aromatic N) is 1. The van der Waals surface area contributed by atoms with E-state index in [0.29, 0.717) is 19.4 Å². The van der Waals surface area contributed by atoms with E-state index in [0.717, 1.165) is 32.1 Å². The molecule has 0 aromatic heterocycles. The van der Waals surface area contributed by atoms with Gasteiger partial charge in [-0.05, 0) is 19.8 Å². The maximum atomic E-state index is 12.0. The molecule has 0 bridgehead atoms. The Kier molecular flexibility index (Phi) is 11.6. The third-order valence-corrected chi connectivity index (χ3v) is 3.41. The third-order valence-electron chi connectivity index (χ3n) is 3.41. The summed E-state index contributed by atoms with van der Waals surface area (Å²) in [5.41, 5.74) is 0. The number of unbranched alkanes of at least 4 members (excludes halogenated alkanes) is 6. The normalized spacial score (nSPS) is 10.5. The van der Waals surface area contributed by atoms with E-state index in [4.69, 9.17) is 0 Å². The van der Waals surface area contributed by atoms with Crippen LogP contribution in [0.15, 0.2) is 0 Å². The molecule has 0 saturated heterocycles. The number of imide groups is 1. The molecule has 0 aromatic carbocycles. The van der Waals surface area contributed by atoms with E-state index in [9.17, 15) is 9.59 Å². The predicted molar refractivity (Wildman–Crippen MR) is 79.9 cm³/mol. The molecule has 19 heavy (non-hydrogen) atoms. The van der Waals surface area contributed by atoms with Crippen LogP contribution in [0, 0.1) is 0 Å². The Morgan fingerprint density at radius 2 is 1.11 bits per heavy atom. The number of carbonyl (C=O) groups excluding carboxylic acids is 2. The molecule has 0 fully saturated rings. The lowest BCUT2D eigenvalue weighted by Gasteiger charge is -2.19. The first-order chi connectivity index (χ1) is 9.17. The standard InChI is InChI=1S/C16H31NO2/c1-4-7-9-10-12-14-16(19)17(6-3)15(18)13-11-8-5-2/h4-14H2,1-3H3. The fourth-order valence-corrected chi connectivity index (χ4v) is 2.17. The topological polar surface area (TPSA) is 37.4 Å². The van der Waals surface area contributed by atoms with Gasteiger partial charge in [0, 0.05) is 19.4 Å². The van der Waals surface area contributed by atoms with Gasteiger partial charge in [-0.1, -0.05) is 52.4 Å². The first-order valence-electron chi connectivity index (χ1n) is 8.00. The summed E-state index contributed by atoms with van der Waals surface area (Å²) in [5.74, 6) is 0.0232. The summed E-state index contributed by atoms with van der Waals surface area (Å²) in [5, 5.41) is 0. The van der Waals surface area contributed by atoms with Crippen LogP contribution in [-0.2, 0) is 9.59 Å². The van der Waals surface area contributed by atoms with Crippen molar-refractivity contribution in [1.82, 2.24) is 4.90 Å². The van der Waals surface area contributed by atoms with Crippen LogP contribution in [0.4, 0.5) is 0 Å². The first kappa shape index (κ1) is 18.1. The van der Waals surface area contributed by atoms with Gasteiger partial charge in [0.05, 0.1) is 0 Å². The highest BCUT2D eigenvalue weighted by molar-refractivity contribution is 5.95. The summed E-state index contributed by atoms with van der Waals surface area (Å²) in [6, 6.07) is 0. The van der Waals surface area contributed by atoms with Crippen LogP contribution >= 0.6 is 0 Å². The van der Waals surface area contributed by atoms with Crippen LogP contribution in [0.1, 0.15) is 85.0 Å². The molecule has 0 N–H and O–H groups in total. The second-order valence-electron chi connectivity index (χ2n) is 5.15. The number of carbonyl (C=O) groups is 2. The van der Waals surface area contributed by atoms with Crippen molar-refractivity contribution in [3.05, 3.63) is 0 Å². The average Bonchev–Trinajstić information content (AvgIpc) is 2.39. The van der Waals surface area contributed by atoms with E-state index in [2.05, 4.69) is 13.8 Å². The molecule has 0 heterocycles. The Hall–Kier alpha value is -0.860. The second kappa shape index (κ2) is 12.2. The molecule has 0 unspecified atom stereocenters. The number of hydrogen-bond acceptors (Lipinski definition) is 2. The monoisotopic (exact) mass is 269 g/mol. The lowest BCUT2D eigenvalue weighted by molar-refractivity contribution is -0.144. The Balaban J connectivity index is 3.92. The molecule has 2 amide bonds. The van der Waals surface area contributed by atoms with Crippen molar-refractivity contribution in [2.45, 2.75) is 85.0 Å². The van der Waals surface area contributed by atoms with E-state index < -0.39 is 0 Å². The first-order valence-corrected chi connectivity index (χ1v) is 8.00. The highest BCUT2D eigenvalue weighted by Crippen LogP contribution is 2.09. The molecule has 0 aliphatic heterocycles. The second-order valence-corrected chi connectivity index (χ2v) is 5.15. The molecule has 0 radical (unpaired) electrons. The van der Waals surface area contributed by atoms with Crippen LogP contribution in [0.5, 0.6) is 0 Å². The predicted octanol–water partition coefficient (Wildman–Crippen LogP) is 4.30. The number of amides is 2. The van der Waals surface area contributed by atoms with Crippen molar-refractivity contribution < 1.29 is 9.59 Å². The number of hydrogen-bond donors (Lipinski definition) is 0. The highest BCUT2D eigenvalue weighted by Gasteiger charge is 2.18. The van der Waals surface area contributed by atoms with Gasteiger partial charge in [0.25, 0.3) is 0 Å². The van der Waals surface area contributed by atoms with Gasteiger partial charge in [-0.15, -0.1) is 0 Å². The van der Waals surface area contributed by atoms with Gasteiger partial charge in [0.15, 0.2) is 0 Å². The van der Waals surface area contributed by atoms with Crippen molar-refractivity contribution in [2.24, 2.45) is 0 Å². The summed E-state index contributed by atoms with van der Waals surface area (Å²) >= 11 is 0. The molecule has 0 atom stereocenters. The fraction of sp³-hybridized carbons (Fsp3) is 0.875. The van der Waals surface area contributed by atoms with E-state index in [1.54, 1.807) is 0 Å². The maximum absolute atomic E-state index is 12.0. The zero-order chi connectivity index (χ0) is 14.5. The fourth-order valence-electron chi connectivity index (χ4n) is 2.17. The molecule has 0 aliphatic carbocycles. The molecular weight excluding hydrogens is 238 g/mol. The van der Waals surface area contributed by atoms with Crippen molar-refractivity contribution >= 4 is 11.8 Å². The molecule has 3 heteroatoms. The van der Waals surface area contributed by atoms with Gasteiger partial charge in [-0.2, -0.15) is 0 Å².